The fourth-order valence-electron chi connectivity index (χ4n) is 6.00. The number of hydrogen-bond donors (Lipinski definition) is 0. The van der Waals surface area contributed by atoms with Crippen molar-refractivity contribution in [2.75, 3.05) is 0 Å². The highest BCUT2D eigenvalue weighted by atomic mass is 32.1. The predicted octanol–water partition coefficient (Wildman–Crippen LogP) is 12.5. The first-order valence-corrected chi connectivity index (χ1v) is 15.8. The molecule has 0 spiro atoms. The molecule has 198 valence electrons. The smallest absolute Gasteiger partial charge is 0.0361 e. The molecule has 0 atom stereocenters. The molecule has 0 fully saturated rings. The molecular formula is C40H26S2. The zero-order chi connectivity index (χ0) is 27.9. The van der Waals surface area contributed by atoms with Gasteiger partial charge < -0.3 is 0 Å². The highest BCUT2D eigenvalue weighted by Crippen LogP contribution is 2.46. The van der Waals surface area contributed by atoms with E-state index in [1.165, 1.54) is 74.4 Å². The summed E-state index contributed by atoms with van der Waals surface area (Å²) in [5.74, 6) is 0. The van der Waals surface area contributed by atoms with Crippen LogP contribution in [0.4, 0.5) is 0 Å². The molecule has 42 heavy (non-hydrogen) atoms. The molecule has 0 bridgehead atoms. The molecule has 0 nitrogen and oxygen atoms in total. The highest BCUT2D eigenvalue weighted by molar-refractivity contribution is 7.22. The molecule has 0 saturated heterocycles. The molecular weight excluding hydrogens is 545 g/mol. The van der Waals surface area contributed by atoms with Gasteiger partial charge in [-0.05, 0) is 79.5 Å². The molecule has 6 aromatic carbocycles. The van der Waals surface area contributed by atoms with E-state index in [9.17, 15) is 0 Å². The number of fused-ring (bicyclic) bond motifs is 2. The van der Waals surface area contributed by atoms with E-state index in [2.05, 4.69) is 158 Å². The maximum atomic E-state index is 2.33. The summed E-state index contributed by atoms with van der Waals surface area (Å²) in [5, 5.41) is 2.59. The molecule has 2 heteroatoms. The Bertz CT molecular complexity index is 1990. The summed E-state index contributed by atoms with van der Waals surface area (Å²) in [6, 6.07) is 57.4. The van der Waals surface area contributed by atoms with Gasteiger partial charge in [-0.1, -0.05) is 133 Å². The number of benzene rings is 6. The van der Waals surface area contributed by atoms with Crippen molar-refractivity contribution in [1.82, 2.24) is 0 Å². The van der Waals surface area contributed by atoms with E-state index < -0.39 is 0 Å². The van der Waals surface area contributed by atoms with Crippen molar-refractivity contribution in [1.29, 1.82) is 0 Å². The fraction of sp³-hybridized carbons (Fsp3) is 0. The summed E-state index contributed by atoms with van der Waals surface area (Å²) in [5.41, 5.74) is 10.0. The van der Waals surface area contributed by atoms with Gasteiger partial charge in [0.25, 0.3) is 0 Å². The Labute approximate surface area is 253 Å². The largest absolute Gasteiger partial charge is 0.135 e. The van der Waals surface area contributed by atoms with Crippen molar-refractivity contribution in [3.63, 3.8) is 0 Å². The minimum Gasteiger partial charge on any atom is -0.135 e. The lowest BCUT2D eigenvalue weighted by Crippen LogP contribution is -1.91. The van der Waals surface area contributed by atoms with Crippen LogP contribution in [0.25, 0.3) is 74.4 Å². The van der Waals surface area contributed by atoms with E-state index >= 15 is 0 Å². The first kappa shape index (κ1) is 25.0. The first-order valence-electron chi connectivity index (χ1n) is 14.2. The molecule has 0 aliphatic carbocycles. The van der Waals surface area contributed by atoms with Crippen molar-refractivity contribution >= 4 is 42.8 Å². The van der Waals surface area contributed by atoms with E-state index in [-0.39, 0.29) is 0 Å². The van der Waals surface area contributed by atoms with Gasteiger partial charge in [-0.3, -0.25) is 0 Å². The Hall–Kier alpha value is -4.76. The van der Waals surface area contributed by atoms with Crippen molar-refractivity contribution in [3.05, 3.63) is 158 Å². The van der Waals surface area contributed by atoms with Crippen molar-refractivity contribution in [2.24, 2.45) is 0 Å². The predicted molar refractivity (Wildman–Crippen MR) is 184 cm³/mol. The minimum absolute atomic E-state index is 1.24. The Balaban J connectivity index is 1.31. The lowest BCUT2D eigenvalue weighted by Gasteiger charge is -2.18. The third-order valence-electron chi connectivity index (χ3n) is 7.96. The standard InChI is InChI=1S/C40H26S2/c1-11-23-37-27(13-1)25-39(41-37)35-21-9-7-19-33(35)31-17-5-3-15-29(31)30-16-4-6-18-32(30)34-20-8-10-22-36(34)40-26-28-14-2-12-24-38(28)42-40/h1-26H. The topological polar surface area (TPSA) is 0 Å². The second-order valence-corrected chi connectivity index (χ2v) is 12.6. The summed E-state index contributed by atoms with van der Waals surface area (Å²) in [6.07, 6.45) is 0. The molecule has 2 heterocycles. The average molecular weight is 571 g/mol. The maximum Gasteiger partial charge on any atom is 0.0361 e. The summed E-state index contributed by atoms with van der Waals surface area (Å²) < 4.78 is 2.64. The van der Waals surface area contributed by atoms with Crippen LogP contribution < -0.4 is 0 Å². The molecule has 0 aliphatic rings. The van der Waals surface area contributed by atoms with Gasteiger partial charge in [-0.25, -0.2) is 0 Å². The molecule has 0 amide bonds. The van der Waals surface area contributed by atoms with Crippen molar-refractivity contribution in [2.45, 2.75) is 0 Å². The van der Waals surface area contributed by atoms with Gasteiger partial charge in [-0.2, -0.15) is 0 Å². The van der Waals surface area contributed by atoms with Crippen molar-refractivity contribution in [3.8, 4) is 54.3 Å². The number of hydrogen-bond acceptors (Lipinski definition) is 2. The maximum absolute atomic E-state index is 2.33. The molecule has 0 saturated carbocycles. The van der Waals surface area contributed by atoms with Crippen LogP contribution in [0.5, 0.6) is 0 Å². The molecule has 0 radical (unpaired) electrons. The zero-order valence-corrected chi connectivity index (χ0v) is 24.5. The van der Waals surface area contributed by atoms with Gasteiger partial charge in [0.2, 0.25) is 0 Å². The summed E-state index contributed by atoms with van der Waals surface area (Å²) in [7, 11) is 0. The van der Waals surface area contributed by atoms with Crippen LogP contribution in [0, 0.1) is 0 Å². The van der Waals surface area contributed by atoms with Gasteiger partial charge in [0.15, 0.2) is 0 Å². The Morgan fingerprint density at radius 1 is 0.262 bits per heavy atom. The third kappa shape index (κ3) is 4.37. The van der Waals surface area contributed by atoms with Crippen LogP contribution >= 0.6 is 22.7 Å². The van der Waals surface area contributed by atoms with Crippen LogP contribution in [0.1, 0.15) is 0 Å². The zero-order valence-electron chi connectivity index (χ0n) is 22.8. The van der Waals surface area contributed by atoms with Gasteiger partial charge in [0, 0.05) is 19.2 Å². The van der Waals surface area contributed by atoms with E-state index in [0.29, 0.717) is 0 Å². The highest BCUT2D eigenvalue weighted by Gasteiger charge is 2.18. The van der Waals surface area contributed by atoms with E-state index in [0.717, 1.165) is 0 Å². The van der Waals surface area contributed by atoms with Gasteiger partial charge in [0.1, 0.15) is 0 Å². The SMILES string of the molecule is c1ccc(-c2ccccc2-c2ccccc2-c2ccccc2-c2cc3ccccc3s2)c(-c2cc3ccccc3s2)c1. The summed E-state index contributed by atoms with van der Waals surface area (Å²) >= 11 is 3.73. The molecule has 8 rings (SSSR count). The van der Waals surface area contributed by atoms with Gasteiger partial charge >= 0.3 is 0 Å². The second-order valence-electron chi connectivity index (χ2n) is 10.5. The molecule has 0 aliphatic heterocycles. The van der Waals surface area contributed by atoms with Crippen LogP contribution in [0.2, 0.25) is 0 Å². The lowest BCUT2D eigenvalue weighted by atomic mass is 9.86. The third-order valence-corrected chi connectivity index (χ3v) is 10.3. The van der Waals surface area contributed by atoms with Crippen LogP contribution in [-0.2, 0) is 0 Å². The van der Waals surface area contributed by atoms with Crippen molar-refractivity contribution < 1.29 is 0 Å². The first-order chi connectivity index (χ1) is 20.8. The minimum atomic E-state index is 1.24. The van der Waals surface area contributed by atoms with E-state index in [4.69, 9.17) is 0 Å². The molecule has 0 N–H and O–H groups in total. The second kappa shape index (κ2) is 10.6. The Morgan fingerprint density at radius 3 is 0.857 bits per heavy atom. The van der Waals surface area contributed by atoms with Crippen LogP contribution in [0.15, 0.2) is 158 Å². The van der Waals surface area contributed by atoms with E-state index in [1.807, 2.05) is 22.7 Å². The normalized spacial score (nSPS) is 11.3. The molecule has 0 unspecified atom stereocenters. The lowest BCUT2D eigenvalue weighted by molar-refractivity contribution is 1.56. The van der Waals surface area contributed by atoms with Gasteiger partial charge in [0.05, 0.1) is 0 Å². The average Bonchev–Trinajstić information content (AvgIpc) is 3.70. The monoisotopic (exact) mass is 570 g/mol. The Morgan fingerprint density at radius 2 is 0.524 bits per heavy atom. The quantitative estimate of drug-likeness (QED) is 0.193. The van der Waals surface area contributed by atoms with Crippen LogP contribution in [-0.4, -0.2) is 0 Å². The summed E-state index contributed by atoms with van der Waals surface area (Å²) in [6.45, 7) is 0. The molecule has 2 aromatic heterocycles. The summed E-state index contributed by atoms with van der Waals surface area (Å²) in [4.78, 5) is 2.59. The fourth-order valence-corrected chi connectivity index (χ4v) is 8.21. The van der Waals surface area contributed by atoms with Gasteiger partial charge in [-0.15, -0.1) is 22.7 Å². The Kier molecular flexibility index (Phi) is 6.29. The number of thiophene rings is 2. The number of rotatable bonds is 5. The van der Waals surface area contributed by atoms with Crippen LogP contribution in [0.3, 0.4) is 0 Å². The van der Waals surface area contributed by atoms with E-state index in [1.54, 1.807) is 0 Å². The molecule has 8 aromatic rings.